The third-order valence-electron chi connectivity index (χ3n) is 4.68. The number of aromatic nitrogens is 2. The van der Waals surface area contributed by atoms with Gasteiger partial charge in [-0.25, -0.2) is 9.38 Å². The number of nitrogens with one attached hydrogen (secondary N) is 2. The van der Waals surface area contributed by atoms with E-state index in [9.17, 15) is 17.6 Å². The molecule has 168 valence electrons. The van der Waals surface area contributed by atoms with Gasteiger partial charge in [0.15, 0.2) is 5.96 Å². The largest absolute Gasteiger partial charge is 0.416 e. The minimum atomic E-state index is -4.64. The van der Waals surface area contributed by atoms with Gasteiger partial charge >= 0.3 is 6.18 Å². The number of alkyl halides is 3. The second-order valence-corrected chi connectivity index (χ2v) is 7.02. The molecule has 1 aromatic carbocycles. The fourth-order valence-electron chi connectivity index (χ4n) is 3.14. The van der Waals surface area contributed by atoms with Crippen molar-refractivity contribution in [2.45, 2.75) is 52.9 Å². The number of halogens is 5. The van der Waals surface area contributed by atoms with Crippen molar-refractivity contribution in [1.82, 2.24) is 20.4 Å². The Morgan fingerprint density at radius 1 is 1.27 bits per heavy atom. The van der Waals surface area contributed by atoms with Gasteiger partial charge < -0.3 is 10.6 Å². The zero-order chi connectivity index (χ0) is 21.8. The minimum absolute atomic E-state index is 0. The smallest absolute Gasteiger partial charge is 0.357 e. The monoisotopic (exact) mass is 541 g/mol. The summed E-state index contributed by atoms with van der Waals surface area (Å²) in [7, 11) is 1.89. The van der Waals surface area contributed by atoms with Crippen molar-refractivity contribution >= 4 is 29.9 Å². The highest BCUT2D eigenvalue weighted by Crippen LogP contribution is 2.32. The standard InChI is InChI=1S/C20H27F4N5.HI/c1-6-25-19(27-12(2)9-17-13(3)28-29(5)14(17)4)26-11-15-7-8-16(21)10-18(15)20(22,23)24;/h7-8,10,12H,6,9,11H2,1-5H3,(H2,25,26,27);1H. The van der Waals surface area contributed by atoms with E-state index in [0.29, 0.717) is 25.0 Å². The van der Waals surface area contributed by atoms with Gasteiger partial charge in [0.05, 0.1) is 17.8 Å². The first-order chi connectivity index (χ1) is 13.5. The summed E-state index contributed by atoms with van der Waals surface area (Å²) >= 11 is 0. The molecule has 0 bridgehead atoms. The zero-order valence-corrected chi connectivity index (χ0v) is 20.0. The maximum atomic E-state index is 13.3. The molecule has 0 amide bonds. The van der Waals surface area contributed by atoms with Crippen molar-refractivity contribution < 1.29 is 17.6 Å². The van der Waals surface area contributed by atoms with Crippen LogP contribution >= 0.6 is 24.0 Å². The van der Waals surface area contributed by atoms with E-state index in [2.05, 4.69) is 20.7 Å². The fraction of sp³-hybridized carbons (Fsp3) is 0.500. The highest BCUT2D eigenvalue weighted by Gasteiger charge is 2.33. The molecule has 1 aromatic heterocycles. The van der Waals surface area contributed by atoms with Crippen LogP contribution in [0.3, 0.4) is 0 Å². The van der Waals surface area contributed by atoms with Gasteiger partial charge in [0, 0.05) is 25.3 Å². The molecule has 30 heavy (non-hydrogen) atoms. The van der Waals surface area contributed by atoms with E-state index in [1.54, 1.807) is 0 Å². The van der Waals surface area contributed by atoms with Crippen LogP contribution in [0.15, 0.2) is 23.2 Å². The lowest BCUT2D eigenvalue weighted by atomic mass is 10.1. The van der Waals surface area contributed by atoms with E-state index in [-0.39, 0.29) is 42.1 Å². The van der Waals surface area contributed by atoms with Crippen LogP contribution in [0.4, 0.5) is 17.6 Å². The molecular weight excluding hydrogens is 513 g/mol. The van der Waals surface area contributed by atoms with Gasteiger partial charge in [0.25, 0.3) is 0 Å². The number of aryl methyl sites for hydroxylation is 2. The summed E-state index contributed by atoms with van der Waals surface area (Å²) in [5.74, 6) is -0.525. The quantitative estimate of drug-likeness (QED) is 0.245. The van der Waals surface area contributed by atoms with Gasteiger partial charge in [-0.1, -0.05) is 6.07 Å². The van der Waals surface area contributed by atoms with E-state index in [1.165, 1.54) is 0 Å². The van der Waals surface area contributed by atoms with Crippen molar-refractivity contribution in [3.63, 3.8) is 0 Å². The first kappa shape index (κ1) is 26.2. The SMILES string of the molecule is CCNC(=NCc1ccc(F)cc1C(F)(F)F)NC(C)Cc1c(C)nn(C)c1C.I. The van der Waals surface area contributed by atoms with Crippen LogP contribution < -0.4 is 10.6 Å². The summed E-state index contributed by atoms with van der Waals surface area (Å²) in [6, 6.07) is 2.61. The molecule has 0 aliphatic rings. The van der Waals surface area contributed by atoms with Gasteiger partial charge in [-0.2, -0.15) is 18.3 Å². The molecule has 0 aliphatic heterocycles. The second kappa shape index (κ2) is 11.0. The van der Waals surface area contributed by atoms with Crippen LogP contribution in [0.1, 0.15) is 41.9 Å². The summed E-state index contributed by atoms with van der Waals surface area (Å²) in [4.78, 5) is 4.27. The minimum Gasteiger partial charge on any atom is -0.357 e. The number of aliphatic imine (C=N–C) groups is 1. The average molecular weight is 541 g/mol. The number of hydrogen-bond donors (Lipinski definition) is 2. The maximum absolute atomic E-state index is 13.3. The molecule has 0 fully saturated rings. The van der Waals surface area contributed by atoms with E-state index in [0.717, 1.165) is 29.1 Å². The molecule has 1 heterocycles. The van der Waals surface area contributed by atoms with Crippen molar-refractivity contribution in [1.29, 1.82) is 0 Å². The average Bonchev–Trinajstić information content (AvgIpc) is 2.86. The second-order valence-electron chi connectivity index (χ2n) is 7.02. The van der Waals surface area contributed by atoms with Gasteiger partial charge in [-0.15, -0.1) is 24.0 Å². The normalized spacial score (nSPS) is 13.0. The molecule has 5 nitrogen and oxygen atoms in total. The lowest BCUT2D eigenvalue weighted by Crippen LogP contribution is -2.43. The van der Waals surface area contributed by atoms with Crippen LogP contribution in [0.25, 0.3) is 0 Å². The molecular formula is C20H28F4IN5. The molecule has 2 rings (SSSR count). The predicted molar refractivity (Wildman–Crippen MR) is 121 cm³/mol. The van der Waals surface area contributed by atoms with Crippen LogP contribution in [-0.4, -0.2) is 28.3 Å². The first-order valence-corrected chi connectivity index (χ1v) is 9.42. The summed E-state index contributed by atoms with van der Waals surface area (Å²) in [6.07, 6.45) is -3.94. The Kier molecular flexibility index (Phi) is 9.57. The Morgan fingerprint density at radius 2 is 1.93 bits per heavy atom. The van der Waals surface area contributed by atoms with Crippen LogP contribution in [-0.2, 0) is 26.2 Å². The Balaban J connectivity index is 0.00000450. The number of rotatable bonds is 6. The maximum Gasteiger partial charge on any atom is 0.416 e. The molecule has 1 unspecified atom stereocenters. The number of hydrogen-bond acceptors (Lipinski definition) is 2. The molecule has 1 atom stereocenters. The lowest BCUT2D eigenvalue weighted by molar-refractivity contribution is -0.138. The predicted octanol–water partition coefficient (Wildman–Crippen LogP) is 4.50. The van der Waals surface area contributed by atoms with Crippen LogP contribution in [0.5, 0.6) is 0 Å². The Morgan fingerprint density at radius 3 is 2.47 bits per heavy atom. The first-order valence-electron chi connectivity index (χ1n) is 9.42. The van der Waals surface area contributed by atoms with Gasteiger partial charge in [-0.05, 0) is 57.4 Å². The summed E-state index contributed by atoms with van der Waals surface area (Å²) in [6.45, 7) is 8.12. The number of benzene rings is 1. The van der Waals surface area contributed by atoms with E-state index < -0.39 is 17.6 Å². The highest BCUT2D eigenvalue weighted by atomic mass is 127. The summed E-state index contributed by atoms with van der Waals surface area (Å²) in [5.41, 5.74) is 2.05. The van der Waals surface area contributed by atoms with Crippen molar-refractivity contribution in [3.8, 4) is 0 Å². The van der Waals surface area contributed by atoms with E-state index in [1.807, 2.05) is 39.4 Å². The number of guanidine groups is 1. The lowest BCUT2D eigenvalue weighted by Gasteiger charge is -2.18. The summed E-state index contributed by atoms with van der Waals surface area (Å²) in [5, 5.41) is 10.7. The van der Waals surface area contributed by atoms with Crippen LogP contribution in [0, 0.1) is 19.7 Å². The Bertz CT molecular complexity index is 877. The van der Waals surface area contributed by atoms with Crippen LogP contribution in [0.2, 0.25) is 0 Å². The molecule has 2 aromatic rings. The molecule has 0 saturated carbocycles. The number of nitrogens with zero attached hydrogens (tertiary/aromatic N) is 3. The van der Waals surface area contributed by atoms with Crippen molar-refractivity contribution in [3.05, 3.63) is 52.1 Å². The topological polar surface area (TPSA) is 54.2 Å². The molecule has 0 spiro atoms. The molecule has 10 heteroatoms. The molecule has 0 saturated heterocycles. The molecule has 2 N–H and O–H groups in total. The van der Waals surface area contributed by atoms with E-state index in [4.69, 9.17) is 0 Å². The van der Waals surface area contributed by atoms with Crippen molar-refractivity contribution in [2.24, 2.45) is 12.0 Å². The zero-order valence-electron chi connectivity index (χ0n) is 17.7. The third-order valence-corrected chi connectivity index (χ3v) is 4.68. The van der Waals surface area contributed by atoms with Crippen molar-refractivity contribution in [2.75, 3.05) is 6.54 Å². The Hall–Kier alpha value is -1.85. The van der Waals surface area contributed by atoms with Gasteiger partial charge in [0.2, 0.25) is 0 Å². The van der Waals surface area contributed by atoms with E-state index >= 15 is 0 Å². The molecule has 0 radical (unpaired) electrons. The Labute approximate surface area is 191 Å². The van der Waals surface area contributed by atoms with Gasteiger partial charge in [-0.3, -0.25) is 4.68 Å². The molecule has 0 aliphatic carbocycles. The fourth-order valence-corrected chi connectivity index (χ4v) is 3.14. The third kappa shape index (κ3) is 6.85. The van der Waals surface area contributed by atoms with Gasteiger partial charge in [0.1, 0.15) is 5.82 Å². The highest BCUT2D eigenvalue weighted by molar-refractivity contribution is 14.0. The summed E-state index contributed by atoms with van der Waals surface area (Å²) < 4.78 is 54.6.